The number of amides is 1. The van der Waals surface area contributed by atoms with Gasteiger partial charge in [-0.25, -0.2) is 9.78 Å². The molecule has 1 unspecified atom stereocenters. The molecule has 2 rings (SSSR count). The summed E-state index contributed by atoms with van der Waals surface area (Å²) in [7, 11) is 0. The van der Waals surface area contributed by atoms with E-state index in [0.29, 0.717) is 6.42 Å². The first-order valence-electron chi connectivity index (χ1n) is 6.29. The number of hydrogen-bond donors (Lipinski definition) is 2. The maximum atomic E-state index is 11.0. The van der Waals surface area contributed by atoms with Crippen LogP contribution in [0, 0.1) is 5.92 Å². The molecule has 0 bridgehead atoms. The molecule has 0 saturated carbocycles. The van der Waals surface area contributed by atoms with Crippen LogP contribution in [-0.4, -0.2) is 35.1 Å². The molecular weight excluding hydrogens is 246 g/mol. The number of aromatic nitrogens is 1. The van der Waals surface area contributed by atoms with E-state index in [9.17, 15) is 9.59 Å². The van der Waals surface area contributed by atoms with Crippen LogP contribution in [0.5, 0.6) is 0 Å². The largest absolute Gasteiger partial charge is 0.477 e. The maximum Gasteiger partial charge on any atom is 0.354 e. The van der Waals surface area contributed by atoms with Gasteiger partial charge in [0.05, 0.1) is 0 Å². The molecule has 0 spiro atoms. The van der Waals surface area contributed by atoms with E-state index in [-0.39, 0.29) is 17.5 Å². The van der Waals surface area contributed by atoms with Gasteiger partial charge in [0.25, 0.3) is 0 Å². The first-order valence-corrected chi connectivity index (χ1v) is 6.29. The molecule has 1 aromatic heterocycles. The summed E-state index contributed by atoms with van der Waals surface area (Å²) in [6, 6.07) is 3.36. The fraction of sp³-hybridized carbons (Fsp3) is 0.462. The lowest BCUT2D eigenvalue weighted by molar-refractivity contribution is -0.118. The van der Waals surface area contributed by atoms with E-state index < -0.39 is 5.97 Å². The van der Waals surface area contributed by atoms with Crippen LogP contribution in [0.4, 0.5) is 5.69 Å². The van der Waals surface area contributed by atoms with E-state index in [2.05, 4.69) is 9.88 Å². The molecule has 3 N–H and O–H groups in total. The summed E-state index contributed by atoms with van der Waals surface area (Å²) in [5.41, 5.74) is 6.10. The van der Waals surface area contributed by atoms with Crippen LogP contribution in [0.3, 0.4) is 0 Å². The minimum atomic E-state index is -1.03. The predicted octanol–water partition coefficient (Wildman–Crippen LogP) is 0.872. The van der Waals surface area contributed by atoms with Gasteiger partial charge in [0, 0.05) is 31.4 Å². The molecule has 1 aromatic rings. The summed E-state index contributed by atoms with van der Waals surface area (Å²) in [5.74, 6) is -1.08. The highest BCUT2D eigenvalue weighted by Gasteiger charge is 2.22. The molecule has 1 aliphatic rings. The molecule has 1 saturated heterocycles. The quantitative estimate of drug-likeness (QED) is 0.840. The average molecular weight is 263 g/mol. The fourth-order valence-corrected chi connectivity index (χ4v) is 2.48. The Morgan fingerprint density at radius 2 is 2.32 bits per heavy atom. The third-order valence-corrected chi connectivity index (χ3v) is 3.34. The summed E-state index contributed by atoms with van der Waals surface area (Å²) >= 11 is 0. The topological polar surface area (TPSA) is 96.5 Å². The first kappa shape index (κ1) is 13.3. The fourth-order valence-electron chi connectivity index (χ4n) is 2.48. The minimum absolute atomic E-state index is 0.0366. The second-order valence-electron chi connectivity index (χ2n) is 4.83. The molecule has 19 heavy (non-hydrogen) atoms. The molecule has 2 heterocycles. The minimum Gasteiger partial charge on any atom is -0.477 e. The van der Waals surface area contributed by atoms with Crippen molar-refractivity contribution in [3.63, 3.8) is 0 Å². The van der Waals surface area contributed by atoms with Crippen molar-refractivity contribution < 1.29 is 14.7 Å². The Kier molecular flexibility index (Phi) is 3.99. The monoisotopic (exact) mass is 263 g/mol. The molecule has 6 nitrogen and oxygen atoms in total. The zero-order chi connectivity index (χ0) is 13.8. The molecule has 1 amide bonds. The van der Waals surface area contributed by atoms with Crippen molar-refractivity contribution in [1.82, 2.24) is 4.98 Å². The van der Waals surface area contributed by atoms with Crippen LogP contribution in [0.2, 0.25) is 0 Å². The molecule has 0 radical (unpaired) electrons. The molecule has 1 aliphatic heterocycles. The highest BCUT2D eigenvalue weighted by atomic mass is 16.4. The summed E-state index contributed by atoms with van der Waals surface area (Å²) in [5, 5.41) is 8.94. The third kappa shape index (κ3) is 3.43. The first-order chi connectivity index (χ1) is 9.06. The van der Waals surface area contributed by atoms with Crippen LogP contribution in [0.15, 0.2) is 18.3 Å². The van der Waals surface area contributed by atoms with E-state index in [4.69, 9.17) is 10.8 Å². The van der Waals surface area contributed by atoms with Gasteiger partial charge in [-0.1, -0.05) is 0 Å². The number of primary amides is 1. The van der Waals surface area contributed by atoms with Crippen LogP contribution in [0.1, 0.15) is 29.8 Å². The van der Waals surface area contributed by atoms with Crippen LogP contribution in [-0.2, 0) is 4.79 Å². The Bertz CT molecular complexity index is 490. The number of nitrogens with zero attached hydrogens (tertiary/aromatic N) is 2. The van der Waals surface area contributed by atoms with Crippen LogP contribution >= 0.6 is 0 Å². The predicted molar refractivity (Wildman–Crippen MR) is 69.9 cm³/mol. The van der Waals surface area contributed by atoms with Crippen molar-refractivity contribution in [2.24, 2.45) is 11.7 Å². The number of rotatable bonds is 4. The lowest BCUT2D eigenvalue weighted by Gasteiger charge is -2.34. The zero-order valence-corrected chi connectivity index (χ0v) is 10.6. The number of nitrogens with two attached hydrogens (primary N) is 1. The Morgan fingerprint density at radius 3 is 3.00 bits per heavy atom. The van der Waals surface area contributed by atoms with Gasteiger partial charge in [-0.2, -0.15) is 0 Å². The van der Waals surface area contributed by atoms with Gasteiger partial charge < -0.3 is 15.7 Å². The summed E-state index contributed by atoms with van der Waals surface area (Å²) < 4.78 is 0. The Balaban J connectivity index is 2.10. The van der Waals surface area contributed by atoms with Crippen molar-refractivity contribution in [1.29, 1.82) is 0 Å². The number of anilines is 1. The van der Waals surface area contributed by atoms with Gasteiger partial charge in [-0.05, 0) is 30.9 Å². The highest BCUT2D eigenvalue weighted by molar-refractivity contribution is 5.86. The van der Waals surface area contributed by atoms with Gasteiger partial charge in [0.1, 0.15) is 5.69 Å². The highest BCUT2D eigenvalue weighted by Crippen LogP contribution is 2.25. The maximum absolute atomic E-state index is 11.0. The van der Waals surface area contributed by atoms with E-state index in [0.717, 1.165) is 31.6 Å². The number of carboxylic acids is 1. The summed E-state index contributed by atoms with van der Waals surface area (Å²) in [4.78, 5) is 27.8. The van der Waals surface area contributed by atoms with Gasteiger partial charge in [-0.15, -0.1) is 0 Å². The van der Waals surface area contributed by atoms with Crippen molar-refractivity contribution in [3.8, 4) is 0 Å². The number of hydrogen-bond acceptors (Lipinski definition) is 4. The van der Waals surface area contributed by atoms with E-state index in [1.807, 2.05) is 0 Å². The van der Waals surface area contributed by atoms with Gasteiger partial charge in [0.2, 0.25) is 5.91 Å². The molecule has 1 atom stereocenters. The van der Waals surface area contributed by atoms with Crippen LogP contribution in [0.25, 0.3) is 0 Å². The van der Waals surface area contributed by atoms with Crippen molar-refractivity contribution in [3.05, 3.63) is 24.0 Å². The molecule has 0 aliphatic carbocycles. The molecule has 102 valence electrons. The van der Waals surface area contributed by atoms with Gasteiger partial charge in [0.15, 0.2) is 0 Å². The van der Waals surface area contributed by atoms with E-state index in [1.54, 1.807) is 12.1 Å². The summed E-state index contributed by atoms with van der Waals surface area (Å²) in [6.45, 7) is 1.59. The van der Waals surface area contributed by atoms with E-state index in [1.165, 1.54) is 6.20 Å². The molecule has 0 aromatic carbocycles. The Hall–Kier alpha value is -2.11. The normalized spacial score (nSPS) is 19.2. The number of pyridine rings is 1. The smallest absolute Gasteiger partial charge is 0.354 e. The third-order valence-electron chi connectivity index (χ3n) is 3.34. The number of piperidine rings is 1. The standard InChI is InChI=1S/C13H17N3O3/c14-12(17)6-9-2-1-5-16(8-9)10-3-4-15-11(7-10)13(18)19/h3-4,7,9H,1-2,5-6,8H2,(H2,14,17)(H,18,19). The lowest BCUT2D eigenvalue weighted by Crippen LogP contribution is -2.37. The Morgan fingerprint density at radius 1 is 1.53 bits per heavy atom. The average Bonchev–Trinajstić information content (AvgIpc) is 2.38. The van der Waals surface area contributed by atoms with E-state index >= 15 is 0 Å². The number of aromatic carboxylic acids is 1. The van der Waals surface area contributed by atoms with Crippen molar-refractivity contribution >= 4 is 17.6 Å². The zero-order valence-electron chi connectivity index (χ0n) is 10.6. The van der Waals surface area contributed by atoms with Crippen molar-refractivity contribution in [2.75, 3.05) is 18.0 Å². The molecule has 1 fully saturated rings. The van der Waals surface area contributed by atoms with Crippen molar-refractivity contribution in [2.45, 2.75) is 19.3 Å². The SMILES string of the molecule is NC(=O)CC1CCCN(c2ccnc(C(=O)O)c2)C1. The van der Waals surface area contributed by atoms with Gasteiger partial charge >= 0.3 is 5.97 Å². The number of carbonyl (C=O) groups is 2. The van der Waals surface area contributed by atoms with Gasteiger partial charge in [-0.3, -0.25) is 4.79 Å². The molecule has 6 heteroatoms. The second-order valence-corrected chi connectivity index (χ2v) is 4.83. The lowest BCUT2D eigenvalue weighted by atomic mass is 9.94. The van der Waals surface area contributed by atoms with Crippen LogP contribution < -0.4 is 10.6 Å². The summed E-state index contributed by atoms with van der Waals surface area (Å²) in [6.07, 6.45) is 3.84. The second kappa shape index (κ2) is 5.69. The number of carboxylic acid groups (broad SMARTS) is 1. The number of carbonyl (C=O) groups excluding carboxylic acids is 1. The molecular formula is C13H17N3O3. The Labute approximate surface area is 111 Å².